The van der Waals surface area contributed by atoms with Gasteiger partial charge in [0.2, 0.25) is 0 Å². The van der Waals surface area contributed by atoms with Crippen LogP contribution in [0.4, 0.5) is 0 Å². The highest BCUT2D eigenvalue weighted by molar-refractivity contribution is 9.10. The third kappa shape index (κ3) is 2.56. The number of aromatic nitrogens is 1. The van der Waals surface area contributed by atoms with Gasteiger partial charge in [-0.3, -0.25) is 0 Å². The van der Waals surface area contributed by atoms with Crippen molar-refractivity contribution in [3.8, 4) is 10.6 Å². The molecule has 88 valence electrons. The summed E-state index contributed by atoms with van der Waals surface area (Å²) in [7, 11) is 0. The summed E-state index contributed by atoms with van der Waals surface area (Å²) >= 11 is 4.59. The van der Waals surface area contributed by atoms with Crippen LogP contribution in [0.15, 0.2) is 28.7 Å². The first-order valence-electron chi connectivity index (χ1n) is 5.10. The lowest BCUT2D eigenvalue weighted by atomic mass is 10.2. The second kappa shape index (κ2) is 4.98. The number of carbonyl (C=O) groups is 1. The molecule has 1 aromatic carbocycles. The number of rotatable bonds is 3. The minimum absolute atomic E-state index is 0.338. The van der Waals surface area contributed by atoms with E-state index in [-0.39, 0.29) is 0 Å². The van der Waals surface area contributed by atoms with Gasteiger partial charge in [0, 0.05) is 10.0 Å². The van der Waals surface area contributed by atoms with Gasteiger partial charge < -0.3 is 5.11 Å². The Bertz CT molecular complexity index is 548. The van der Waals surface area contributed by atoms with Crippen LogP contribution in [0.25, 0.3) is 10.6 Å². The summed E-state index contributed by atoms with van der Waals surface area (Å²) in [6.07, 6.45) is 0.634. The lowest BCUT2D eigenvalue weighted by Crippen LogP contribution is -1.97. The van der Waals surface area contributed by atoms with E-state index in [0.29, 0.717) is 17.0 Å². The molecule has 0 spiro atoms. The number of carboxylic acid groups (broad SMARTS) is 1. The van der Waals surface area contributed by atoms with Crippen LogP contribution < -0.4 is 0 Å². The van der Waals surface area contributed by atoms with Gasteiger partial charge in [-0.2, -0.15) is 0 Å². The van der Waals surface area contributed by atoms with Gasteiger partial charge in [0.05, 0.1) is 5.69 Å². The Morgan fingerprint density at radius 3 is 2.53 bits per heavy atom. The molecule has 1 heterocycles. The number of hydrogen-bond acceptors (Lipinski definition) is 3. The molecular weight excluding hydrogens is 302 g/mol. The van der Waals surface area contributed by atoms with E-state index in [2.05, 4.69) is 20.9 Å². The first-order chi connectivity index (χ1) is 8.11. The average molecular weight is 312 g/mol. The number of hydrogen-bond donors (Lipinski definition) is 1. The van der Waals surface area contributed by atoms with Crippen molar-refractivity contribution < 1.29 is 9.90 Å². The zero-order valence-corrected chi connectivity index (χ0v) is 11.5. The molecule has 0 amide bonds. The Morgan fingerprint density at radius 1 is 1.41 bits per heavy atom. The van der Waals surface area contributed by atoms with E-state index in [1.807, 2.05) is 31.2 Å². The van der Waals surface area contributed by atoms with Gasteiger partial charge >= 0.3 is 5.97 Å². The van der Waals surface area contributed by atoms with Crippen LogP contribution in [0.2, 0.25) is 0 Å². The fraction of sp³-hybridized carbons (Fsp3) is 0.167. The number of nitrogens with zero attached hydrogens (tertiary/aromatic N) is 1. The maximum Gasteiger partial charge on any atom is 0.347 e. The van der Waals surface area contributed by atoms with Gasteiger partial charge in [-0.05, 0) is 18.6 Å². The summed E-state index contributed by atoms with van der Waals surface area (Å²) in [5, 5.41) is 9.82. The lowest BCUT2D eigenvalue weighted by Gasteiger charge is -1.95. The van der Waals surface area contributed by atoms with E-state index >= 15 is 0 Å². The van der Waals surface area contributed by atoms with Crippen LogP contribution in [-0.4, -0.2) is 16.1 Å². The molecule has 0 bridgehead atoms. The molecule has 3 nitrogen and oxygen atoms in total. The third-order valence-electron chi connectivity index (χ3n) is 2.32. The van der Waals surface area contributed by atoms with Crippen LogP contribution in [0.5, 0.6) is 0 Å². The zero-order chi connectivity index (χ0) is 12.4. The van der Waals surface area contributed by atoms with E-state index in [9.17, 15) is 4.79 Å². The van der Waals surface area contributed by atoms with Gasteiger partial charge in [-0.25, -0.2) is 9.78 Å². The number of aromatic carboxylic acids is 1. The molecule has 0 fully saturated rings. The van der Waals surface area contributed by atoms with Crippen molar-refractivity contribution in [1.29, 1.82) is 0 Å². The Balaban J connectivity index is 2.46. The molecule has 0 radical (unpaired) electrons. The van der Waals surface area contributed by atoms with E-state index < -0.39 is 5.97 Å². The van der Waals surface area contributed by atoms with E-state index in [4.69, 9.17) is 5.11 Å². The van der Waals surface area contributed by atoms with Gasteiger partial charge in [0.15, 0.2) is 0 Å². The molecule has 2 rings (SSSR count). The summed E-state index contributed by atoms with van der Waals surface area (Å²) in [5.74, 6) is -0.900. The van der Waals surface area contributed by atoms with E-state index in [1.165, 1.54) is 11.3 Å². The van der Waals surface area contributed by atoms with Crippen molar-refractivity contribution >= 4 is 33.2 Å². The number of carboxylic acids is 1. The second-order valence-corrected chi connectivity index (χ2v) is 5.38. The molecule has 0 atom stereocenters. The predicted molar refractivity (Wildman–Crippen MR) is 71.6 cm³/mol. The van der Waals surface area contributed by atoms with Crippen molar-refractivity contribution in [2.24, 2.45) is 0 Å². The van der Waals surface area contributed by atoms with Crippen LogP contribution in [0, 0.1) is 0 Å². The van der Waals surface area contributed by atoms with Crippen LogP contribution in [-0.2, 0) is 6.42 Å². The van der Waals surface area contributed by atoms with Crippen molar-refractivity contribution in [3.05, 3.63) is 39.3 Å². The summed E-state index contributed by atoms with van der Waals surface area (Å²) in [4.78, 5) is 15.8. The highest BCUT2D eigenvalue weighted by Crippen LogP contribution is 2.29. The number of aryl methyl sites for hydroxylation is 1. The second-order valence-electron chi connectivity index (χ2n) is 3.46. The Hall–Kier alpha value is -1.20. The third-order valence-corrected chi connectivity index (χ3v) is 3.98. The van der Waals surface area contributed by atoms with Gasteiger partial charge in [0.25, 0.3) is 0 Å². The normalized spacial score (nSPS) is 10.5. The molecule has 0 saturated heterocycles. The largest absolute Gasteiger partial charge is 0.477 e. The highest BCUT2D eigenvalue weighted by Gasteiger charge is 2.16. The molecular formula is C12H10BrNO2S. The molecule has 17 heavy (non-hydrogen) atoms. The predicted octanol–water partition coefficient (Wildman–Crippen LogP) is 3.83. The fourth-order valence-corrected chi connectivity index (χ4v) is 2.74. The maximum absolute atomic E-state index is 11.0. The van der Waals surface area contributed by atoms with Crippen molar-refractivity contribution in [2.75, 3.05) is 0 Å². The van der Waals surface area contributed by atoms with Crippen molar-refractivity contribution in [1.82, 2.24) is 4.98 Å². The summed E-state index contributed by atoms with van der Waals surface area (Å²) in [6, 6.07) is 7.69. The number of thiazole rings is 1. The minimum Gasteiger partial charge on any atom is -0.477 e. The average Bonchev–Trinajstić information content (AvgIpc) is 2.74. The SMILES string of the molecule is CCc1nc(-c2ccc(Br)cc2)sc1C(=O)O. The summed E-state index contributed by atoms with van der Waals surface area (Å²) in [5.41, 5.74) is 1.60. The first kappa shape index (κ1) is 12.3. The Labute approximate surface area is 111 Å². The van der Waals surface area contributed by atoms with Gasteiger partial charge in [-0.15, -0.1) is 11.3 Å². The molecule has 0 aliphatic heterocycles. The smallest absolute Gasteiger partial charge is 0.347 e. The molecule has 5 heteroatoms. The topological polar surface area (TPSA) is 50.2 Å². The van der Waals surface area contributed by atoms with Crippen LogP contribution in [0.3, 0.4) is 0 Å². The first-order valence-corrected chi connectivity index (χ1v) is 6.71. The number of halogens is 1. The molecule has 1 N–H and O–H groups in total. The Kier molecular flexibility index (Phi) is 3.59. The van der Waals surface area contributed by atoms with E-state index in [1.54, 1.807) is 0 Å². The quantitative estimate of drug-likeness (QED) is 0.937. The van der Waals surface area contributed by atoms with Gasteiger partial charge in [0.1, 0.15) is 9.88 Å². The molecule has 0 saturated carbocycles. The lowest BCUT2D eigenvalue weighted by molar-refractivity contribution is 0.0701. The van der Waals surface area contributed by atoms with Crippen molar-refractivity contribution in [2.45, 2.75) is 13.3 Å². The fourth-order valence-electron chi connectivity index (χ4n) is 1.47. The van der Waals surface area contributed by atoms with Gasteiger partial charge in [-0.1, -0.05) is 35.0 Å². The Morgan fingerprint density at radius 2 is 2.06 bits per heavy atom. The number of benzene rings is 1. The zero-order valence-electron chi connectivity index (χ0n) is 9.11. The standard InChI is InChI=1S/C12H10BrNO2S/c1-2-9-10(12(15)16)17-11(14-9)7-3-5-8(13)6-4-7/h3-6H,2H2,1H3,(H,15,16). The van der Waals surface area contributed by atoms with E-state index in [0.717, 1.165) is 15.0 Å². The monoisotopic (exact) mass is 311 g/mol. The molecule has 1 aromatic heterocycles. The molecule has 0 aliphatic carbocycles. The maximum atomic E-state index is 11.0. The molecule has 0 aliphatic rings. The molecule has 2 aromatic rings. The van der Waals surface area contributed by atoms with Crippen molar-refractivity contribution in [3.63, 3.8) is 0 Å². The molecule has 0 unspecified atom stereocenters. The van der Waals surface area contributed by atoms with Crippen LogP contribution in [0.1, 0.15) is 22.3 Å². The minimum atomic E-state index is -0.900. The highest BCUT2D eigenvalue weighted by atomic mass is 79.9. The summed E-state index contributed by atoms with van der Waals surface area (Å²) in [6.45, 7) is 1.91. The summed E-state index contributed by atoms with van der Waals surface area (Å²) < 4.78 is 0.993. The van der Waals surface area contributed by atoms with Crippen LogP contribution >= 0.6 is 27.3 Å².